The lowest BCUT2D eigenvalue weighted by molar-refractivity contribution is -0.132. The number of carbonyl (C=O) groups excluding carboxylic acids is 1. The van der Waals surface area contributed by atoms with E-state index in [1.807, 2.05) is 11.0 Å². The first kappa shape index (κ1) is 22.9. The van der Waals surface area contributed by atoms with Crippen LogP contribution in [-0.4, -0.2) is 63.6 Å². The number of piperidine rings is 1. The average molecular weight is 470 g/mol. The third-order valence-electron chi connectivity index (χ3n) is 5.68. The highest BCUT2D eigenvalue weighted by Crippen LogP contribution is 2.20. The summed E-state index contributed by atoms with van der Waals surface area (Å²) in [6, 6.07) is 12.0. The molecule has 1 saturated heterocycles. The fraction of sp³-hybridized carbons (Fsp3) is 0.391. The van der Waals surface area contributed by atoms with E-state index in [1.165, 1.54) is 0 Å². The van der Waals surface area contributed by atoms with Gasteiger partial charge in [0.1, 0.15) is 6.10 Å². The Morgan fingerprint density at radius 3 is 2.39 bits per heavy atom. The molecule has 3 heterocycles. The lowest BCUT2D eigenvalue weighted by Crippen LogP contribution is -2.42. The van der Waals surface area contributed by atoms with Crippen LogP contribution in [0.3, 0.4) is 0 Å². The van der Waals surface area contributed by atoms with Gasteiger partial charge in [-0.1, -0.05) is 12.1 Å². The summed E-state index contributed by atoms with van der Waals surface area (Å²) in [7, 11) is -3.31. The molecule has 1 aliphatic heterocycles. The van der Waals surface area contributed by atoms with Crippen LogP contribution in [0.25, 0.3) is 5.82 Å². The lowest BCUT2D eigenvalue weighted by Gasteiger charge is -2.32. The molecule has 33 heavy (non-hydrogen) atoms. The Hall–Kier alpha value is -3.27. The number of sulfone groups is 1. The summed E-state index contributed by atoms with van der Waals surface area (Å²) in [5.74, 6) is 1.09. The Morgan fingerprint density at radius 1 is 1.09 bits per heavy atom. The van der Waals surface area contributed by atoms with Crippen molar-refractivity contribution in [2.75, 3.05) is 13.1 Å². The van der Waals surface area contributed by atoms with Gasteiger partial charge in [0.15, 0.2) is 15.7 Å². The van der Waals surface area contributed by atoms with Gasteiger partial charge in [0.05, 0.1) is 16.6 Å². The summed E-state index contributed by atoms with van der Waals surface area (Å²) in [6.07, 6.45) is 5.10. The molecular weight excluding hydrogens is 442 g/mol. The monoisotopic (exact) mass is 469 g/mol. The standard InChI is InChI=1S/C23H27N5O4S/c1-17(2)33(30,31)20-6-4-18(5-7-20)16-23(29)27-14-10-19(11-15-27)32-22-9-8-21(25-26-22)28-13-3-12-24-28/h3-9,12-13,17,19H,10-11,14-16H2,1-2H3. The molecule has 10 heteroatoms. The van der Waals surface area contributed by atoms with E-state index >= 15 is 0 Å². The topological polar surface area (TPSA) is 107 Å². The summed E-state index contributed by atoms with van der Waals surface area (Å²) >= 11 is 0. The number of rotatable bonds is 7. The zero-order valence-electron chi connectivity index (χ0n) is 18.7. The summed E-state index contributed by atoms with van der Waals surface area (Å²) in [5.41, 5.74) is 0.800. The molecule has 0 spiro atoms. The highest BCUT2D eigenvalue weighted by Gasteiger charge is 2.25. The van der Waals surface area contributed by atoms with Crippen molar-refractivity contribution in [2.45, 2.75) is 49.4 Å². The molecule has 0 atom stereocenters. The summed E-state index contributed by atoms with van der Waals surface area (Å²) in [5, 5.41) is 11.9. The molecule has 4 rings (SSSR count). The highest BCUT2D eigenvalue weighted by atomic mass is 32.2. The molecule has 0 bridgehead atoms. The molecule has 0 N–H and O–H groups in total. The van der Waals surface area contributed by atoms with Crippen molar-refractivity contribution < 1.29 is 17.9 Å². The molecule has 0 saturated carbocycles. The molecule has 1 amide bonds. The second-order valence-electron chi connectivity index (χ2n) is 8.29. The first-order valence-corrected chi connectivity index (χ1v) is 12.5. The second kappa shape index (κ2) is 9.70. The first-order valence-electron chi connectivity index (χ1n) is 10.9. The van der Waals surface area contributed by atoms with E-state index in [0.29, 0.717) is 37.6 Å². The third kappa shape index (κ3) is 5.39. The number of ether oxygens (including phenoxy) is 1. The van der Waals surface area contributed by atoms with Gasteiger partial charge < -0.3 is 9.64 Å². The predicted molar refractivity (Wildman–Crippen MR) is 122 cm³/mol. The normalized spacial score (nSPS) is 15.1. The number of benzene rings is 1. The summed E-state index contributed by atoms with van der Waals surface area (Å²) in [4.78, 5) is 14.8. The number of likely N-dealkylation sites (tertiary alicyclic amines) is 1. The smallest absolute Gasteiger partial charge is 0.233 e. The molecule has 9 nitrogen and oxygen atoms in total. The van der Waals surface area contributed by atoms with E-state index in [0.717, 1.165) is 5.56 Å². The molecule has 174 valence electrons. The van der Waals surface area contributed by atoms with E-state index in [4.69, 9.17) is 4.74 Å². The van der Waals surface area contributed by atoms with E-state index in [9.17, 15) is 13.2 Å². The van der Waals surface area contributed by atoms with Gasteiger partial charge in [0, 0.05) is 44.4 Å². The first-order chi connectivity index (χ1) is 15.8. The van der Waals surface area contributed by atoms with Crippen LogP contribution in [0, 0.1) is 0 Å². The molecule has 0 unspecified atom stereocenters. The molecule has 0 aliphatic carbocycles. The van der Waals surface area contributed by atoms with E-state index < -0.39 is 15.1 Å². The van der Waals surface area contributed by atoms with Crippen LogP contribution in [-0.2, 0) is 21.1 Å². The number of hydrogen-bond acceptors (Lipinski definition) is 7. The van der Waals surface area contributed by atoms with Crippen LogP contribution in [0.2, 0.25) is 0 Å². The van der Waals surface area contributed by atoms with Gasteiger partial charge in [-0.15, -0.1) is 10.2 Å². The Kier molecular flexibility index (Phi) is 6.73. The van der Waals surface area contributed by atoms with Crippen LogP contribution >= 0.6 is 0 Å². The minimum absolute atomic E-state index is 0.0243. The van der Waals surface area contributed by atoms with Crippen LogP contribution in [0.4, 0.5) is 0 Å². The summed E-state index contributed by atoms with van der Waals surface area (Å²) in [6.45, 7) is 4.51. The van der Waals surface area contributed by atoms with E-state index in [1.54, 1.807) is 67.3 Å². The number of amides is 1. The third-order valence-corrected chi connectivity index (χ3v) is 7.85. The lowest BCUT2D eigenvalue weighted by atomic mass is 10.1. The molecule has 0 radical (unpaired) electrons. The van der Waals surface area contributed by atoms with Gasteiger partial charge in [-0.25, -0.2) is 13.1 Å². The van der Waals surface area contributed by atoms with Crippen molar-refractivity contribution in [1.29, 1.82) is 0 Å². The maximum absolute atomic E-state index is 12.7. The van der Waals surface area contributed by atoms with Crippen LogP contribution < -0.4 is 4.74 Å². The van der Waals surface area contributed by atoms with Crippen molar-refractivity contribution in [2.24, 2.45) is 0 Å². The van der Waals surface area contributed by atoms with Gasteiger partial charge in [0.2, 0.25) is 11.8 Å². The molecule has 3 aromatic rings. The molecule has 1 fully saturated rings. The van der Waals surface area contributed by atoms with Crippen molar-refractivity contribution in [3.8, 4) is 11.7 Å². The number of hydrogen-bond donors (Lipinski definition) is 0. The second-order valence-corrected chi connectivity index (χ2v) is 10.8. The van der Waals surface area contributed by atoms with Crippen molar-refractivity contribution in [3.63, 3.8) is 0 Å². The molecule has 1 aliphatic rings. The van der Waals surface area contributed by atoms with Crippen molar-refractivity contribution in [1.82, 2.24) is 24.9 Å². The van der Waals surface area contributed by atoms with Gasteiger partial charge in [-0.05, 0) is 43.7 Å². The Morgan fingerprint density at radius 2 is 1.82 bits per heavy atom. The Balaban J connectivity index is 1.27. The van der Waals surface area contributed by atoms with Gasteiger partial charge in [-0.2, -0.15) is 5.10 Å². The van der Waals surface area contributed by atoms with Crippen LogP contribution in [0.1, 0.15) is 32.3 Å². The number of nitrogens with zero attached hydrogens (tertiary/aromatic N) is 5. The molecular formula is C23H27N5O4S. The maximum atomic E-state index is 12.7. The zero-order chi connectivity index (χ0) is 23.4. The average Bonchev–Trinajstić information content (AvgIpc) is 3.35. The fourth-order valence-electron chi connectivity index (χ4n) is 3.65. The largest absolute Gasteiger partial charge is 0.473 e. The molecule has 2 aromatic heterocycles. The van der Waals surface area contributed by atoms with E-state index in [-0.39, 0.29) is 23.3 Å². The minimum atomic E-state index is -3.31. The SMILES string of the molecule is CC(C)S(=O)(=O)c1ccc(CC(=O)N2CCC(Oc3ccc(-n4cccn4)nn3)CC2)cc1. The fourth-order valence-corrected chi connectivity index (χ4v) is 4.71. The predicted octanol–water partition coefficient (Wildman–Crippen LogP) is 2.46. The van der Waals surface area contributed by atoms with Crippen molar-refractivity contribution in [3.05, 3.63) is 60.4 Å². The summed E-state index contributed by atoms with van der Waals surface area (Å²) < 4.78 is 32.1. The van der Waals surface area contributed by atoms with Crippen molar-refractivity contribution >= 4 is 15.7 Å². The van der Waals surface area contributed by atoms with Crippen LogP contribution in [0.5, 0.6) is 5.88 Å². The Labute approximate surface area is 193 Å². The van der Waals surface area contributed by atoms with Crippen LogP contribution in [0.15, 0.2) is 59.8 Å². The highest BCUT2D eigenvalue weighted by molar-refractivity contribution is 7.92. The quantitative estimate of drug-likeness (QED) is 0.523. The van der Waals surface area contributed by atoms with E-state index in [2.05, 4.69) is 15.3 Å². The minimum Gasteiger partial charge on any atom is -0.473 e. The van der Waals surface area contributed by atoms with Gasteiger partial charge in [0.25, 0.3) is 0 Å². The number of aromatic nitrogens is 4. The zero-order valence-corrected chi connectivity index (χ0v) is 19.5. The maximum Gasteiger partial charge on any atom is 0.233 e. The number of carbonyl (C=O) groups is 1. The molecule has 1 aromatic carbocycles. The van der Waals surface area contributed by atoms with Gasteiger partial charge >= 0.3 is 0 Å². The van der Waals surface area contributed by atoms with Gasteiger partial charge in [-0.3, -0.25) is 4.79 Å². The Bertz CT molecular complexity index is 1170.